The Bertz CT molecular complexity index is 1280. The van der Waals surface area contributed by atoms with Crippen LogP contribution in [0.4, 0.5) is 33.3 Å². The summed E-state index contributed by atoms with van der Waals surface area (Å²) in [5.41, 5.74) is -1.55. The number of halogens is 5. The molecule has 1 amide bonds. The lowest BCUT2D eigenvalue weighted by Crippen LogP contribution is -2.32. The van der Waals surface area contributed by atoms with E-state index < -0.39 is 28.5 Å². The Morgan fingerprint density at radius 2 is 1.52 bits per heavy atom. The van der Waals surface area contributed by atoms with Crippen molar-refractivity contribution in [1.82, 2.24) is 0 Å². The fourth-order valence-electron chi connectivity index (χ4n) is 3.86. The highest BCUT2D eigenvalue weighted by atomic mass is 32.2. The molecule has 0 saturated heterocycles. The highest BCUT2D eigenvalue weighted by Crippen LogP contribution is 2.39. The molecule has 0 aliphatic heterocycles. The summed E-state index contributed by atoms with van der Waals surface area (Å²) in [6, 6.07) is 9.77. The smallest absolute Gasteiger partial charge is 0.388 e. The van der Waals surface area contributed by atoms with Crippen LogP contribution >= 0.6 is 11.8 Å². The molecule has 230 valence electrons. The fourth-order valence-corrected chi connectivity index (χ4v) is 4.58. The molecule has 42 heavy (non-hydrogen) atoms. The zero-order valence-electron chi connectivity index (χ0n) is 25.0. The van der Waals surface area contributed by atoms with E-state index in [4.69, 9.17) is 0 Å². The van der Waals surface area contributed by atoms with Gasteiger partial charge in [-0.15, -0.1) is 11.8 Å². The first-order chi connectivity index (χ1) is 19.6. The van der Waals surface area contributed by atoms with Crippen molar-refractivity contribution in [2.24, 2.45) is 5.41 Å². The maximum atomic E-state index is 13.6. The topological polar surface area (TPSA) is 58.2 Å². The largest absolute Gasteiger partial charge is 0.416 e. The van der Waals surface area contributed by atoms with E-state index in [-0.39, 0.29) is 17.1 Å². The summed E-state index contributed by atoms with van der Waals surface area (Å²) in [6.07, 6.45) is 4.39. The number of aldehydes is 1. The van der Waals surface area contributed by atoms with Crippen molar-refractivity contribution in [3.8, 4) is 0 Å². The van der Waals surface area contributed by atoms with Crippen LogP contribution in [0.3, 0.4) is 0 Å². The van der Waals surface area contributed by atoms with Crippen LogP contribution in [0.15, 0.2) is 77.2 Å². The number of carbonyl (C=O) groups excluding carboxylic acids is 2. The lowest BCUT2D eigenvalue weighted by molar-refractivity contribution is -0.138. The number of benzene rings is 2. The zero-order valence-corrected chi connectivity index (χ0v) is 25.8. The van der Waals surface area contributed by atoms with Gasteiger partial charge in [-0.05, 0) is 93.5 Å². The highest BCUT2D eigenvalue weighted by molar-refractivity contribution is 8.03. The van der Waals surface area contributed by atoms with E-state index in [2.05, 4.69) is 23.6 Å². The zero-order chi connectivity index (χ0) is 32.1. The molecule has 0 saturated carbocycles. The summed E-state index contributed by atoms with van der Waals surface area (Å²) in [7, 11) is 2.30. The number of amides is 1. The van der Waals surface area contributed by atoms with Crippen LogP contribution < -0.4 is 10.6 Å². The second kappa shape index (κ2) is 16.3. The quantitative estimate of drug-likeness (QED) is 0.231. The molecule has 0 spiro atoms. The van der Waals surface area contributed by atoms with Gasteiger partial charge in [-0.25, -0.2) is 4.39 Å². The second-order valence-electron chi connectivity index (χ2n) is 10.2. The van der Waals surface area contributed by atoms with Crippen LogP contribution in [-0.2, 0) is 21.2 Å². The number of rotatable bonds is 8. The predicted octanol–water partition coefficient (Wildman–Crippen LogP) is 9.12. The third-order valence-electron chi connectivity index (χ3n) is 6.39. The second-order valence-corrected chi connectivity index (χ2v) is 11.5. The van der Waals surface area contributed by atoms with Gasteiger partial charge in [0.15, 0.2) is 0 Å². The molecule has 3 rings (SSSR count). The van der Waals surface area contributed by atoms with Crippen LogP contribution in [0.5, 0.6) is 0 Å². The summed E-state index contributed by atoms with van der Waals surface area (Å²) >= 11 is 1.71. The fraction of sp³-hybridized carbons (Fsp3) is 0.375. The molecule has 0 unspecified atom stereocenters. The van der Waals surface area contributed by atoms with Crippen molar-refractivity contribution < 1.29 is 31.5 Å². The van der Waals surface area contributed by atoms with E-state index in [0.29, 0.717) is 19.9 Å². The van der Waals surface area contributed by atoms with Gasteiger partial charge in [0.2, 0.25) is 5.91 Å². The van der Waals surface area contributed by atoms with Gasteiger partial charge in [0.05, 0.1) is 18.2 Å². The summed E-state index contributed by atoms with van der Waals surface area (Å²) in [5.74, 6) is 0.327. The van der Waals surface area contributed by atoms with Crippen molar-refractivity contribution in [2.45, 2.75) is 52.6 Å². The van der Waals surface area contributed by atoms with E-state index in [1.807, 2.05) is 18.2 Å². The van der Waals surface area contributed by atoms with Crippen molar-refractivity contribution >= 4 is 35.3 Å². The number of allylic oxidation sites excluding steroid dienone is 4. The number of hydrogen-bond donors (Lipinski definition) is 2. The summed E-state index contributed by atoms with van der Waals surface area (Å²) in [5, 5.41) is 5.51. The van der Waals surface area contributed by atoms with Gasteiger partial charge in [0, 0.05) is 28.7 Å². The number of hydrogen-bond acceptors (Lipinski definition) is 4. The average molecular weight is 611 g/mol. The summed E-state index contributed by atoms with van der Waals surface area (Å²) in [4.78, 5) is 25.4. The molecule has 2 N–H and O–H groups in total. The van der Waals surface area contributed by atoms with Gasteiger partial charge >= 0.3 is 6.18 Å². The van der Waals surface area contributed by atoms with E-state index in [1.54, 1.807) is 44.8 Å². The first kappa shape index (κ1) is 36.6. The highest BCUT2D eigenvalue weighted by Gasteiger charge is 2.38. The number of carbonyl (C=O) groups is 2. The number of nitrogens with one attached hydrogen (secondary N) is 2. The van der Waals surface area contributed by atoms with Crippen molar-refractivity contribution in [3.05, 3.63) is 94.2 Å². The van der Waals surface area contributed by atoms with E-state index in [1.165, 1.54) is 38.1 Å². The molecule has 0 radical (unpaired) electrons. The normalized spacial score (nSPS) is 13.2. The molecule has 10 heteroatoms. The van der Waals surface area contributed by atoms with Crippen LogP contribution in [0, 0.1) is 11.2 Å². The maximum absolute atomic E-state index is 13.6. The minimum Gasteiger partial charge on any atom is -0.388 e. The third-order valence-corrected chi connectivity index (χ3v) is 7.31. The van der Waals surface area contributed by atoms with Crippen LogP contribution in [0.25, 0.3) is 0 Å². The van der Waals surface area contributed by atoms with Gasteiger partial charge in [-0.1, -0.05) is 31.2 Å². The van der Waals surface area contributed by atoms with Gasteiger partial charge in [-0.3, -0.25) is 9.18 Å². The molecule has 0 bridgehead atoms. The van der Waals surface area contributed by atoms with Gasteiger partial charge in [0.1, 0.15) is 12.1 Å². The molecule has 2 aromatic rings. The Morgan fingerprint density at radius 3 is 2.05 bits per heavy atom. The molecule has 0 atom stereocenters. The summed E-state index contributed by atoms with van der Waals surface area (Å²) < 4.78 is 62.6. The SMILES string of the molecule is CCSC1=CCC=C(C(C)(C)C(=O)Nc2ccc(C(C)(C)C=O)c(C(F)(F)F)c2)C=C1.CF.CNc1ccc(F)cc1. The number of alkyl halides is 4. The monoisotopic (exact) mass is 610 g/mol. The number of thioether (sulfide) groups is 1. The molecular weight excluding hydrogens is 571 g/mol. The molecular formula is C32H39F5N2O2S. The molecule has 2 aromatic carbocycles. The Hall–Kier alpha value is -3.40. The first-order valence-electron chi connectivity index (χ1n) is 13.2. The van der Waals surface area contributed by atoms with E-state index in [0.717, 1.165) is 28.0 Å². The Labute approximate surface area is 249 Å². The maximum Gasteiger partial charge on any atom is 0.416 e. The lowest BCUT2D eigenvalue weighted by Gasteiger charge is -2.27. The van der Waals surface area contributed by atoms with Crippen LogP contribution in [-0.4, -0.2) is 32.2 Å². The third kappa shape index (κ3) is 10.5. The molecule has 0 heterocycles. The average Bonchev–Trinajstić information content (AvgIpc) is 3.21. The predicted molar refractivity (Wildman–Crippen MR) is 164 cm³/mol. The Balaban J connectivity index is 0.000000673. The van der Waals surface area contributed by atoms with Crippen LogP contribution in [0.1, 0.15) is 52.2 Å². The standard InChI is InChI=1S/C24H28F3NO2S.C7H8FN.CH3F/c1-6-31-18-9-7-8-16(10-12-18)23(4,5)21(30)28-17-11-13-19(22(2,3)15-29)20(14-17)24(25,26)27;1-9-7-4-2-6(8)3-5-7;1-2/h8-15H,6-7H2,1-5H3,(H,28,30);2-5,9H,1H3;1H3. The van der Waals surface area contributed by atoms with Crippen molar-refractivity contribution in [1.29, 1.82) is 0 Å². The molecule has 1 aliphatic carbocycles. The minimum atomic E-state index is -4.66. The van der Waals surface area contributed by atoms with E-state index >= 15 is 0 Å². The van der Waals surface area contributed by atoms with Gasteiger partial charge in [0.25, 0.3) is 0 Å². The minimum absolute atomic E-state index is 0.0365. The first-order valence-corrected chi connectivity index (χ1v) is 14.2. The van der Waals surface area contributed by atoms with Gasteiger partial charge < -0.3 is 15.4 Å². The molecule has 0 fully saturated rings. The van der Waals surface area contributed by atoms with Gasteiger partial charge in [-0.2, -0.15) is 13.2 Å². The lowest BCUT2D eigenvalue weighted by atomic mass is 9.81. The summed E-state index contributed by atoms with van der Waals surface area (Å²) in [6.45, 7) is 8.40. The van der Waals surface area contributed by atoms with Crippen LogP contribution in [0.2, 0.25) is 0 Å². The van der Waals surface area contributed by atoms with Crippen molar-refractivity contribution in [3.63, 3.8) is 0 Å². The Kier molecular flexibility index (Phi) is 14.2. The molecule has 4 nitrogen and oxygen atoms in total. The van der Waals surface area contributed by atoms with Crippen molar-refractivity contribution in [2.75, 3.05) is 30.6 Å². The van der Waals surface area contributed by atoms with E-state index in [9.17, 15) is 31.5 Å². The molecule has 0 aromatic heterocycles. The molecule has 1 aliphatic rings. The Morgan fingerprint density at radius 1 is 0.929 bits per heavy atom. The number of anilines is 2.